The van der Waals surface area contributed by atoms with Gasteiger partial charge < -0.3 is 15.0 Å². The maximum absolute atomic E-state index is 12.5. The van der Waals surface area contributed by atoms with Crippen LogP contribution in [0.5, 0.6) is 0 Å². The minimum atomic E-state index is -0.911. The number of carbonyl (C=O) groups excluding carboxylic acids is 2. The third-order valence-corrected chi connectivity index (χ3v) is 3.55. The van der Waals surface area contributed by atoms with Crippen LogP contribution in [0.4, 0.5) is 10.5 Å². The van der Waals surface area contributed by atoms with E-state index in [0.717, 1.165) is 12.8 Å². The van der Waals surface area contributed by atoms with Gasteiger partial charge in [0.2, 0.25) is 5.91 Å². The number of benzene rings is 1. The number of nitro groups is 1. The summed E-state index contributed by atoms with van der Waals surface area (Å²) in [7, 11) is 1.21. The molecule has 2 amide bonds. The van der Waals surface area contributed by atoms with Crippen LogP contribution in [0.2, 0.25) is 0 Å². The number of methoxy groups -OCH3 is 1. The molecule has 1 N–H and O–H groups in total. The molecule has 1 aromatic rings. The van der Waals surface area contributed by atoms with Crippen LogP contribution >= 0.6 is 0 Å². The van der Waals surface area contributed by atoms with Crippen LogP contribution < -0.4 is 5.32 Å². The number of hydrogen-bond donors (Lipinski definition) is 1. The van der Waals surface area contributed by atoms with Gasteiger partial charge in [0.05, 0.1) is 12.0 Å². The van der Waals surface area contributed by atoms with Crippen molar-refractivity contribution >= 4 is 17.7 Å². The molecule has 0 spiro atoms. The van der Waals surface area contributed by atoms with E-state index in [1.54, 1.807) is 4.90 Å². The first-order chi connectivity index (χ1) is 10.5. The van der Waals surface area contributed by atoms with Crippen LogP contribution in [0.1, 0.15) is 24.4 Å². The lowest BCUT2D eigenvalue weighted by Crippen LogP contribution is -2.41. The molecule has 2 rings (SSSR count). The van der Waals surface area contributed by atoms with Gasteiger partial charge in [0.15, 0.2) is 0 Å². The van der Waals surface area contributed by atoms with E-state index in [4.69, 9.17) is 0 Å². The highest BCUT2D eigenvalue weighted by atomic mass is 16.6. The fourth-order valence-electron chi connectivity index (χ4n) is 2.37. The highest BCUT2D eigenvalue weighted by Gasteiger charge is 2.29. The number of rotatable bonds is 4. The topological polar surface area (TPSA) is 102 Å². The largest absolute Gasteiger partial charge is 0.453 e. The van der Waals surface area contributed by atoms with E-state index in [2.05, 4.69) is 10.1 Å². The zero-order valence-electron chi connectivity index (χ0n) is 12.2. The maximum atomic E-state index is 12.5. The van der Waals surface area contributed by atoms with Gasteiger partial charge in [-0.15, -0.1) is 0 Å². The molecule has 0 radical (unpaired) electrons. The molecule has 0 aromatic heterocycles. The summed E-state index contributed by atoms with van der Waals surface area (Å²) in [5, 5.41) is 13.2. The first kappa shape index (κ1) is 15.7. The zero-order chi connectivity index (χ0) is 16.1. The van der Waals surface area contributed by atoms with Gasteiger partial charge in [0.1, 0.15) is 6.04 Å². The van der Waals surface area contributed by atoms with E-state index in [1.165, 1.54) is 31.4 Å². The van der Waals surface area contributed by atoms with Crippen molar-refractivity contribution in [3.05, 3.63) is 39.9 Å². The molecule has 0 bridgehead atoms. The smallest absolute Gasteiger partial charge is 0.407 e. The number of hydrogen-bond acceptors (Lipinski definition) is 5. The van der Waals surface area contributed by atoms with E-state index in [9.17, 15) is 19.7 Å². The lowest BCUT2D eigenvalue weighted by molar-refractivity contribution is -0.384. The molecule has 8 heteroatoms. The number of carbonyl (C=O) groups is 2. The molecule has 0 saturated carbocycles. The maximum Gasteiger partial charge on any atom is 0.407 e. The average Bonchev–Trinajstić information content (AvgIpc) is 3.06. The van der Waals surface area contributed by atoms with Crippen LogP contribution in [0.15, 0.2) is 24.3 Å². The van der Waals surface area contributed by atoms with Crippen LogP contribution in [0.3, 0.4) is 0 Å². The van der Waals surface area contributed by atoms with E-state index < -0.39 is 17.1 Å². The summed E-state index contributed by atoms with van der Waals surface area (Å²) in [4.78, 5) is 35.9. The Balaban J connectivity index is 2.24. The molecule has 1 saturated heterocycles. The van der Waals surface area contributed by atoms with Crippen LogP contribution in [0, 0.1) is 10.1 Å². The first-order valence-electron chi connectivity index (χ1n) is 6.90. The zero-order valence-corrected chi connectivity index (χ0v) is 12.2. The molecule has 8 nitrogen and oxygen atoms in total. The minimum absolute atomic E-state index is 0.0748. The molecule has 1 heterocycles. The first-order valence-corrected chi connectivity index (χ1v) is 6.90. The second-order valence-electron chi connectivity index (χ2n) is 4.95. The summed E-state index contributed by atoms with van der Waals surface area (Å²) < 4.78 is 4.55. The summed E-state index contributed by atoms with van der Waals surface area (Å²) in [6.07, 6.45) is 1.13. The van der Waals surface area contributed by atoms with E-state index in [0.29, 0.717) is 18.7 Å². The Hall–Kier alpha value is -2.64. The highest BCUT2D eigenvalue weighted by molar-refractivity contribution is 5.87. The Morgan fingerprint density at radius 1 is 1.27 bits per heavy atom. The Morgan fingerprint density at radius 3 is 2.36 bits per heavy atom. The third kappa shape index (κ3) is 3.51. The van der Waals surface area contributed by atoms with Gasteiger partial charge in [-0.05, 0) is 30.5 Å². The highest BCUT2D eigenvalue weighted by Crippen LogP contribution is 2.22. The van der Waals surface area contributed by atoms with Gasteiger partial charge in [-0.25, -0.2) is 4.79 Å². The summed E-state index contributed by atoms with van der Waals surface area (Å²) >= 11 is 0. The fraction of sp³-hybridized carbons (Fsp3) is 0.429. The quantitative estimate of drug-likeness (QED) is 0.672. The van der Waals surface area contributed by atoms with E-state index in [-0.39, 0.29) is 11.6 Å². The molecule has 0 aliphatic carbocycles. The number of likely N-dealkylation sites (tertiary alicyclic amines) is 1. The normalized spacial score (nSPS) is 15.2. The Kier molecular flexibility index (Phi) is 4.92. The monoisotopic (exact) mass is 307 g/mol. The van der Waals surface area contributed by atoms with Gasteiger partial charge in [0.25, 0.3) is 5.69 Å². The van der Waals surface area contributed by atoms with Crippen LogP contribution in [-0.2, 0) is 9.53 Å². The van der Waals surface area contributed by atoms with E-state index in [1.807, 2.05) is 0 Å². The van der Waals surface area contributed by atoms with Crippen molar-refractivity contribution in [2.24, 2.45) is 0 Å². The molecule has 1 atom stereocenters. The molecule has 1 aliphatic heterocycles. The van der Waals surface area contributed by atoms with Crippen molar-refractivity contribution in [1.82, 2.24) is 10.2 Å². The number of ether oxygens (including phenoxy) is 1. The SMILES string of the molecule is COC(=O)NC(C(=O)N1CCCC1)c1ccc([N+](=O)[O-])cc1. The van der Waals surface area contributed by atoms with Crippen molar-refractivity contribution in [2.75, 3.05) is 20.2 Å². The third-order valence-electron chi connectivity index (χ3n) is 3.55. The van der Waals surface area contributed by atoms with Crippen LogP contribution in [-0.4, -0.2) is 42.0 Å². The molecular formula is C14H17N3O5. The molecule has 1 unspecified atom stereocenters. The van der Waals surface area contributed by atoms with Crippen molar-refractivity contribution in [2.45, 2.75) is 18.9 Å². The van der Waals surface area contributed by atoms with Crippen molar-refractivity contribution in [3.63, 3.8) is 0 Å². The van der Waals surface area contributed by atoms with E-state index >= 15 is 0 Å². The Labute approximate surface area is 127 Å². The molecule has 1 fully saturated rings. The number of amides is 2. The van der Waals surface area contributed by atoms with Crippen molar-refractivity contribution < 1.29 is 19.2 Å². The molecule has 22 heavy (non-hydrogen) atoms. The number of alkyl carbamates (subject to hydrolysis) is 1. The number of nitrogens with one attached hydrogen (secondary N) is 1. The second-order valence-corrected chi connectivity index (χ2v) is 4.95. The predicted octanol–water partition coefficient (Wildman–Crippen LogP) is 1.61. The van der Waals surface area contributed by atoms with Gasteiger partial charge in [0, 0.05) is 25.2 Å². The van der Waals surface area contributed by atoms with Crippen LogP contribution in [0.25, 0.3) is 0 Å². The Bertz CT molecular complexity index is 566. The number of nitrogens with zero attached hydrogens (tertiary/aromatic N) is 2. The molecular weight excluding hydrogens is 290 g/mol. The molecule has 1 aliphatic rings. The lowest BCUT2D eigenvalue weighted by atomic mass is 10.1. The summed E-state index contributed by atoms with van der Waals surface area (Å²) in [6.45, 7) is 1.29. The minimum Gasteiger partial charge on any atom is -0.453 e. The average molecular weight is 307 g/mol. The van der Waals surface area contributed by atoms with Crippen molar-refractivity contribution in [1.29, 1.82) is 0 Å². The summed E-state index contributed by atoms with van der Waals surface area (Å²) in [5.74, 6) is -0.239. The van der Waals surface area contributed by atoms with Crippen molar-refractivity contribution in [3.8, 4) is 0 Å². The lowest BCUT2D eigenvalue weighted by Gasteiger charge is -2.23. The predicted molar refractivity (Wildman–Crippen MR) is 77.2 cm³/mol. The number of non-ortho nitro benzene ring substituents is 1. The summed E-state index contributed by atoms with van der Waals surface area (Å²) in [5.41, 5.74) is 0.405. The Morgan fingerprint density at radius 2 is 1.86 bits per heavy atom. The standard InChI is InChI=1S/C14H17N3O5/c1-22-14(19)15-12(13(18)16-8-2-3-9-16)10-4-6-11(7-5-10)17(20)21/h4-7,12H,2-3,8-9H2,1H3,(H,15,19). The van der Waals surface area contributed by atoms with Gasteiger partial charge >= 0.3 is 6.09 Å². The van der Waals surface area contributed by atoms with Gasteiger partial charge in [-0.3, -0.25) is 14.9 Å². The number of nitro benzene ring substituents is 1. The molecule has 1 aromatic carbocycles. The fourth-order valence-corrected chi connectivity index (χ4v) is 2.37. The van der Waals surface area contributed by atoms with Gasteiger partial charge in [-0.1, -0.05) is 0 Å². The van der Waals surface area contributed by atoms with Gasteiger partial charge in [-0.2, -0.15) is 0 Å². The molecule has 118 valence electrons. The summed E-state index contributed by atoms with van der Waals surface area (Å²) in [6, 6.07) is 4.63. The second kappa shape index (κ2) is 6.88.